The molecule has 0 aliphatic rings. The van der Waals surface area contributed by atoms with Crippen molar-refractivity contribution < 1.29 is 9.18 Å². The van der Waals surface area contributed by atoms with Gasteiger partial charge in [0.15, 0.2) is 0 Å². The van der Waals surface area contributed by atoms with E-state index < -0.39 is 0 Å². The second-order valence-corrected chi connectivity index (χ2v) is 5.77. The third kappa shape index (κ3) is 3.81. The van der Waals surface area contributed by atoms with E-state index in [-0.39, 0.29) is 17.9 Å². The quantitative estimate of drug-likeness (QED) is 0.893. The Morgan fingerprint density at radius 3 is 2.55 bits per heavy atom. The number of halogens is 1. The van der Waals surface area contributed by atoms with Crippen LogP contribution >= 0.6 is 11.3 Å². The molecule has 1 N–H and O–H groups in total. The topological polar surface area (TPSA) is 32.3 Å². The van der Waals surface area contributed by atoms with Gasteiger partial charge in [-0.05, 0) is 49.6 Å². The Labute approximate surface area is 122 Å². The largest absolute Gasteiger partial charge is 0.322 e. The number of hydrogen-bond acceptors (Lipinski definition) is 2. The normalized spacial score (nSPS) is 10.6. The standard InChI is InChI=1S/C15H17FN2OS/c1-11(2)18(10-14-4-3-9-20-14)15(19)17-13-7-5-12(16)6-8-13/h3-9,11H,10H2,1-2H3,(H,17,19). The molecule has 0 saturated heterocycles. The lowest BCUT2D eigenvalue weighted by Gasteiger charge is -2.26. The number of hydrogen-bond donors (Lipinski definition) is 1. The maximum absolute atomic E-state index is 12.8. The number of anilines is 1. The first-order chi connectivity index (χ1) is 9.56. The summed E-state index contributed by atoms with van der Waals surface area (Å²) >= 11 is 1.62. The van der Waals surface area contributed by atoms with Crippen LogP contribution in [-0.4, -0.2) is 17.0 Å². The molecule has 0 spiro atoms. The molecule has 2 aromatic rings. The molecule has 2 amide bonds. The van der Waals surface area contributed by atoms with Crippen molar-refractivity contribution in [2.75, 3.05) is 5.32 Å². The van der Waals surface area contributed by atoms with Crippen molar-refractivity contribution in [3.05, 3.63) is 52.5 Å². The third-order valence-electron chi connectivity index (χ3n) is 2.89. The first-order valence-electron chi connectivity index (χ1n) is 6.42. The van der Waals surface area contributed by atoms with Crippen LogP contribution in [0.2, 0.25) is 0 Å². The number of carbonyl (C=O) groups excluding carboxylic acids is 1. The number of carbonyl (C=O) groups is 1. The van der Waals surface area contributed by atoms with Crippen LogP contribution in [0.1, 0.15) is 18.7 Å². The van der Waals surface area contributed by atoms with Gasteiger partial charge >= 0.3 is 6.03 Å². The fraction of sp³-hybridized carbons (Fsp3) is 0.267. The fourth-order valence-electron chi connectivity index (χ4n) is 1.79. The van der Waals surface area contributed by atoms with Gasteiger partial charge in [-0.15, -0.1) is 11.3 Å². The van der Waals surface area contributed by atoms with Gasteiger partial charge in [0.1, 0.15) is 5.82 Å². The van der Waals surface area contributed by atoms with Gasteiger partial charge in [-0.1, -0.05) is 6.07 Å². The van der Waals surface area contributed by atoms with Crippen LogP contribution in [0.4, 0.5) is 14.9 Å². The summed E-state index contributed by atoms with van der Waals surface area (Å²) in [4.78, 5) is 15.2. The van der Waals surface area contributed by atoms with E-state index in [0.29, 0.717) is 12.2 Å². The van der Waals surface area contributed by atoms with Crippen molar-refractivity contribution in [1.82, 2.24) is 4.90 Å². The van der Waals surface area contributed by atoms with E-state index in [2.05, 4.69) is 5.32 Å². The SMILES string of the molecule is CC(C)N(Cc1cccs1)C(=O)Nc1ccc(F)cc1. The predicted octanol–water partition coefficient (Wildman–Crippen LogP) is 4.33. The Morgan fingerprint density at radius 2 is 2.00 bits per heavy atom. The fourth-order valence-corrected chi connectivity index (χ4v) is 2.49. The molecule has 1 aromatic heterocycles. The van der Waals surface area contributed by atoms with Crippen molar-refractivity contribution in [3.63, 3.8) is 0 Å². The van der Waals surface area contributed by atoms with Crippen LogP contribution in [0.25, 0.3) is 0 Å². The summed E-state index contributed by atoms with van der Waals surface area (Å²) in [6, 6.07) is 9.64. The zero-order valence-corrected chi connectivity index (χ0v) is 12.3. The number of urea groups is 1. The molecule has 5 heteroatoms. The molecule has 3 nitrogen and oxygen atoms in total. The minimum atomic E-state index is -0.317. The number of thiophene rings is 1. The lowest BCUT2D eigenvalue weighted by atomic mass is 10.3. The van der Waals surface area contributed by atoms with Gasteiger partial charge in [0.2, 0.25) is 0 Å². The Bertz CT molecular complexity index is 552. The average Bonchev–Trinajstić information content (AvgIpc) is 2.91. The number of amides is 2. The zero-order chi connectivity index (χ0) is 14.5. The molecular weight excluding hydrogens is 275 g/mol. The number of nitrogens with zero attached hydrogens (tertiary/aromatic N) is 1. The van der Waals surface area contributed by atoms with E-state index in [0.717, 1.165) is 4.88 Å². The molecule has 0 aliphatic heterocycles. The van der Waals surface area contributed by atoms with Crippen molar-refractivity contribution in [2.24, 2.45) is 0 Å². The maximum Gasteiger partial charge on any atom is 0.322 e. The second kappa shape index (κ2) is 6.52. The van der Waals surface area contributed by atoms with Crippen molar-refractivity contribution >= 4 is 23.1 Å². The highest BCUT2D eigenvalue weighted by Crippen LogP contribution is 2.16. The van der Waals surface area contributed by atoms with Gasteiger partial charge in [-0.25, -0.2) is 9.18 Å². The van der Waals surface area contributed by atoms with E-state index in [4.69, 9.17) is 0 Å². The lowest BCUT2D eigenvalue weighted by molar-refractivity contribution is 0.194. The summed E-state index contributed by atoms with van der Waals surface area (Å²) < 4.78 is 12.8. The summed E-state index contributed by atoms with van der Waals surface area (Å²) in [6.45, 7) is 4.51. The highest BCUT2D eigenvalue weighted by Gasteiger charge is 2.17. The van der Waals surface area contributed by atoms with Gasteiger partial charge in [0, 0.05) is 16.6 Å². The van der Waals surface area contributed by atoms with Crippen molar-refractivity contribution in [3.8, 4) is 0 Å². The Morgan fingerprint density at radius 1 is 1.30 bits per heavy atom. The molecule has 1 aromatic carbocycles. The molecule has 0 atom stereocenters. The summed E-state index contributed by atoms with van der Waals surface area (Å²) in [5.74, 6) is -0.317. The monoisotopic (exact) mass is 292 g/mol. The van der Waals surface area contributed by atoms with Crippen LogP contribution < -0.4 is 5.32 Å². The number of benzene rings is 1. The first-order valence-corrected chi connectivity index (χ1v) is 7.30. The minimum absolute atomic E-state index is 0.0811. The Kier molecular flexibility index (Phi) is 4.74. The molecule has 0 unspecified atom stereocenters. The molecule has 20 heavy (non-hydrogen) atoms. The van der Waals surface area contributed by atoms with Gasteiger partial charge in [0.05, 0.1) is 6.54 Å². The van der Waals surface area contributed by atoms with Crippen LogP contribution in [0, 0.1) is 5.82 Å². The minimum Gasteiger partial charge on any atom is -0.317 e. The van der Waals surface area contributed by atoms with E-state index in [1.807, 2.05) is 31.4 Å². The summed E-state index contributed by atoms with van der Waals surface area (Å²) in [6.07, 6.45) is 0. The predicted molar refractivity (Wildman–Crippen MR) is 80.4 cm³/mol. The lowest BCUT2D eigenvalue weighted by Crippen LogP contribution is -2.39. The van der Waals surface area contributed by atoms with E-state index in [9.17, 15) is 9.18 Å². The molecule has 2 rings (SSSR count). The third-order valence-corrected chi connectivity index (χ3v) is 3.75. The van der Waals surface area contributed by atoms with Crippen LogP contribution in [0.5, 0.6) is 0 Å². The highest BCUT2D eigenvalue weighted by atomic mass is 32.1. The van der Waals surface area contributed by atoms with Gasteiger partial charge in [-0.3, -0.25) is 0 Å². The van der Waals surface area contributed by atoms with Crippen LogP contribution in [0.3, 0.4) is 0 Å². The summed E-state index contributed by atoms with van der Waals surface area (Å²) in [5, 5.41) is 4.78. The highest BCUT2D eigenvalue weighted by molar-refractivity contribution is 7.09. The van der Waals surface area contributed by atoms with E-state index in [1.165, 1.54) is 12.1 Å². The van der Waals surface area contributed by atoms with Crippen LogP contribution in [-0.2, 0) is 6.54 Å². The van der Waals surface area contributed by atoms with E-state index >= 15 is 0 Å². The molecule has 0 saturated carbocycles. The number of nitrogens with one attached hydrogen (secondary N) is 1. The zero-order valence-electron chi connectivity index (χ0n) is 11.5. The summed E-state index contributed by atoms with van der Waals surface area (Å²) in [7, 11) is 0. The van der Waals surface area contributed by atoms with Gasteiger partial charge in [0.25, 0.3) is 0 Å². The molecule has 0 fully saturated rings. The molecule has 0 aliphatic carbocycles. The molecular formula is C15H17FN2OS. The molecule has 1 heterocycles. The molecule has 0 bridgehead atoms. The van der Waals surface area contributed by atoms with Crippen molar-refractivity contribution in [2.45, 2.75) is 26.4 Å². The van der Waals surface area contributed by atoms with Crippen LogP contribution in [0.15, 0.2) is 41.8 Å². The number of rotatable bonds is 4. The maximum atomic E-state index is 12.8. The smallest absolute Gasteiger partial charge is 0.317 e. The second-order valence-electron chi connectivity index (χ2n) is 4.74. The van der Waals surface area contributed by atoms with Gasteiger partial charge in [-0.2, -0.15) is 0 Å². The van der Waals surface area contributed by atoms with Gasteiger partial charge < -0.3 is 10.2 Å². The molecule has 106 valence electrons. The Hall–Kier alpha value is -1.88. The average molecular weight is 292 g/mol. The molecule has 0 radical (unpaired) electrons. The Balaban J connectivity index is 2.05. The summed E-state index contributed by atoms with van der Waals surface area (Å²) in [5.41, 5.74) is 0.591. The first kappa shape index (κ1) is 14.5. The van der Waals surface area contributed by atoms with Crippen molar-refractivity contribution in [1.29, 1.82) is 0 Å². The van der Waals surface area contributed by atoms with E-state index in [1.54, 1.807) is 28.4 Å².